The lowest BCUT2D eigenvalue weighted by molar-refractivity contribution is -0.143. The van der Waals surface area contributed by atoms with Gasteiger partial charge in [0.05, 0.1) is 19.7 Å². The van der Waals surface area contributed by atoms with Crippen LogP contribution in [0.4, 0.5) is 0 Å². The van der Waals surface area contributed by atoms with E-state index in [0.717, 1.165) is 24.8 Å². The first-order chi connectivity index (χ1) is 16.8. The molecule has 4 rings (SSSR count). The number of fused-ring (bicyclic) bond motifs is 1. The van der Waals surface area contributed by atoms with Gasteiger partial charge in [-0.2, -0.15) is 0 Å². The molecule has 3 aromatic rings. The fourth-order valence-electron chi connectivity index (χ4n) is 4.11. The zero-order chi connectivity index (χ0) is 25.2. The van der Waals surface area contributed by atoms with Crippen LogP contribution in [-0.2, 0) is 16.1 Å². The molecule has 1 heterocycles. The first kappa shape index (κ1) is 24.5. The van der Waals surface area contributed by atoms with Crippen molar-refractivity contribution in [3.05, 3.63) is 48.0 Å². The number of amides is 2. The van der Waals surface area contributed by atoms with Crippen LogP contribution in [0.5, 0.6) is 11.5 Å². The molecule has 0 saturated heterocycles. The normalized spacial score (nSPS) is 14.4. The summed E-state index contributed by atoms with van der Waals surface area (Å²) in [6.45, 7) is 5.94. The summed E-state index contributed by atoms with van der Waals surface area (Å²) in [5, 5.41) is 11.5. The van der Waals surface area contributed by atoms with Crippen LogP contribution in [0.25, 0.3) is 11.0 Å². The molecule has 1 aliphatic carbocycles. The van der Waals surface area contributed by atoms with E-state index in [1.54, 1.807) is 42.0 Å². The van der Waals surface area contributed by atoms with Crippen molar-refractivity contribution in [1.29, 1.82) is 0 Å². The Kier molecular flexibility index (Phi) is 6.95. The van der Waals surface area contributed by atoms with Crippen molar-refractivity contribution in [2.75, 3.05) is 14.2 Å². The van der Waals surface area contributed by atoms with Gasteiger partial charge in [-0.1, -0.05) is 24.3 Å². The number of methoxy groups -OCH3 is 2. The number of para-hydroxylation sites is 1. The summed E-state index contributed by atoms with van der Waals surface area (Å²) in [4.78, 5) is 29.3. The van der Waals surface area contributed by atoms with Crippen molar-refractivity contribution in [1.82, 2.24) is 25.2 Å². The maximum Gasteiger partial charge on any atom is 0.248 e. The Hall–Kier alpha value is -3.62. The van der Waals surface area contributed by atoms with E-state index in [0.29, 0.717) is 22.6 Å². The first-order valence-electron chi connectivity index (χ1n) is 11.9. The summed E-state index contributed by atoms with van der Waals surface area (Å²) < 4.78 is 12.6. The summed E-state index contributed by atoms with van der Waals surface area (Å²) in [5.41, 5.74) is 1.66. The fraction of sp³-hybridized carbons (Fsp3) is 0.462. The quantitative estimate of drug-likeness (QED) is 0.478. The maximum absolute atomic E-state index is 13.8. The molecule has 186 valence electrons. The SMILES string of the molecule is CCC(C)(C)NC(=O)[C@@H](c1ccc(OC)cc1OC)N(C(=O)Cn1nnc2ccccc21)C1CC1. The van der Waals surface area contributed by atoms with E-state index in [2.05, 4.69) is 15.6 Å². The van der Waals surface area contributed by atoms with E-state index in [-0.39, 0.29) is 24.4 Å². The van der Waals surface area contributed by atoms with Crippen LogP contribution in [0.1, 0.15) is 51.6 Å². The number of ether oxygens (including phenoxy) is 2. The second-order valence-electron chi connectivity index (χ2n) is 9.51. The van der Waals surface area contributed by atoms with Gasteiger partial charge in [-0.25, -0.2) is 4.68 Å². The number of carbonyl (C=O) groups is 2. The van der Waals surface area contributed by atoms with Gasteiger partial charge in [-0.15, -0.1) is 5.10 Å². The van der Waals surface area contributed by atoms with Crippen molar-refractivity contribution in [3.63, 3.8) is 0 Å². The zero-order valence-corrected chi connectivity index (χ0v) is 20.9. The lowest BCUT2D eigenvalue weighted by atomic mass is 9.97. The Balaban J connectivity index is 1.75. The zero-order valence-electron chi connectivity index (χ0n) is 20.9. The number of aromatic nitrogens is 3. The van der Waals surface area contributed by atoms with E-state index >= 15 is 0 Å². The van der Waals surface area contributed by atoms with Crippen LogP contribution >= 0.6 is 0 Å². The van der Waals surface area contributed by atoms with Crippen LogP contribution in [0, 0.1) is 0 Å². The second kappa shape index (κ2) is 9.93. The number of nitrogens with one attached hydrogen (secondary N) is 1. The van der Waals surface area contributed by atoms with Gasteiger partial charge < -0.3 is 19.7 Å². The highest BCUT2D eigenvalue weighted by Crippen LogP contribution is 2.39. The third-order valence-corrected chi connectivity index (χ3v) is 6.54. The lowest BCUT2D eigenvalue weighted by Crippen LogP contribution is -2.51. The van der Waals surface area contributed by atoms with E-state index in [9.17, 15) is 9.59 Å². The smallest absolute Gasteiger partial charge is 0.248 e. The Bertz CT molecular complexity index is 1220. The molecule has 9 nitrogen and oxygen atoms in total. The van der Waals surface area contributed by atoms with Gasteiger partial charge >= 0.3 is 0 Å². The van der Waals surface area contributed by atoms with E-state index in [1.165, 1.54) is 0 Å². The molecular weight excluding hydrogens is 446 g/mol. The molecule has 0 bridgehead atoms. The third kappa shape index (κ3) is 5.23. The molecule has 1 fully saturated rings. The topological polar surface area (TPSA) is 98.6 Å². The third-order valence-electron chi connectivity index (χ3n) is 6.54. The van der Waals surface area contributed by atoms with Gasteiger partial charge in [0.15, 0.2) is 0 Å². The van der Waals surface area contributed by atoms with E-state index < -0.39 is 11.6 Å². The Morgan fingerprint density at radius 2 is 1.91 bits per heavy atom. The molecule has 9 heteroatoms. The van der Waals surface area contributed by atoms with Crippen molar-refractivity contribution in [2.24, 2.45) is 0 Å². The van der Waals surface area contributed by atoms with Gasteiger partial charge in [0, 0.05) is 23.2 Å². The van der Waals surface area contributed by atoms with E-state index in [4.69, 9.17) is 9.47 Å². The van der Waals surface area contributed by atoms with Crippen LogP contribution < -0.4 is 14.8 Å². The number of hydrogen-bond donors (Lipinski definition) is 1. The molecule has 0 spiro atoms. The average molecular weight is 480 g/mol. The Morgan fingerprint density at radius 3 is 2.57 bits per heavy atom. The van der Waals surface area contributed by atoms with Gasteiger partial charge in [0.2, 0.25) is 11.8 Å². The number of benzene rings is 2. The van der Waals surface area contributed by atoms with Crippen LogP contribution in [0.2, 0.25) is 0 Å². The molecule has 0 radical (unpaired) electrons. The number of hydrogen-bond acceptors (Lipinski definition) is 6. The Morgan fingerprint density at radius 1 is 1.17 bits per heavy atom. The average Bonchev–Trinajstić information content (AvgIpc) is 3.62. The fourth-order valence-corrected chi connectivity index (χ4v) is 4.11. The van der Waals surface area contributed by atoms with Gasteiger partial charge in [-0.3, -0.25) is 9.59 Å². The molecule has 2 aromatic carbocycles. The predicted octanol–water partition coefficient (Wildman–Crippen LogP) is 3.49. The molecule has 1 aliphatic rings. The van der Waals surface area contributed by atoms with Crippen molar-refractivity contribution in [2.45, 2.75) is 64.2 Å². The van der Waals surface area contributed by atoms with Crippen molar-refractivity contribution < 1.29 is 19.1 Å². The van der Waals surface area contributed by atoms with Gasteiger partial charge in [0.25, 0.3) is 0 Å². The van der Waals surface area contributed by atoms with Crippen LogP contribution in [-0.4, -0.2) is 57.5 Å². The number of rotatable bonds is 10. The van der Waals surface area contributed by atoms with E-state index in [1.807, 2.05) is 45.0 Å². The maximum atomic E-state index is 13.8. The molecular formula is C26H33N5O4. The summed E-state index contributed by atoms with van der Waals surface area (Å²) in [6.07, 6.45) is 2.42. The highest BCUT2D eigenvalue weighted by Gasteiger charge is 2.43. The first-order valence-corrected chi connectivity index (χ1v) is 11.9. The Labute approximate surface area is 205 Å². The second-order valence-corrected chi connectivity index (χ2v) is 9.51. The summed E-state index contributed by atoms with van der Waals surface area (Å²) in [6, 6.07) is 11.9. The molecule has 2 amide bonds. The number of nitrogens with zero attached hydrogens (tertiary/aromatic N) is 4. The molecule has 1 saturated carbocycles. The van der Waals surface area contributed by atoms with Gasteiger partial charge in [-0.05, 0) is 57.4 Å². The van der Waals surface area contributed by atoms with Crippen molar-refractivity contribution in [3.8, 4) is 11.5 Å². The largest absolute Gasteiger partial charge is 0.497 e. The minimum atomic E-state index is -0.864. The molecule has 1 N–H and O–H groups in total. The monoisotopic (exact) mass is 479 g/mol. The molecule has 0 aliphatic heterocycles. The van der Waals surface area contributed by atoms with Gasteiger partial charge in [0.1, 0.15) is 29.6 Å². The molecule has 0 unspecified atom stereocenters. The molecule has 1 atom stereocenters. The van der Waals surface area contributed by atoms with Crippen molar-refractivity contribution >= 4 is 22.8 Å². The van der Waals surface area contributed by atoms with Crippen LogP contribution in [0.15, 0.2) is 42.5 Å². The summed E-state index contributed by atoms with van der Waals surface area (Å²) in [7, 11) is 3.12. The molecule has 35 heavy (non-hydrogen) atoms. The number of carbonyl (C=O) groups excluding carboxylic acids is 2. The minimum absolute atomic E-state index is 0.0174. The summed E-state index contributed by atoms with van der Waals surface area (Å²) >= 11 is 0. The minimum Gasteiger partial charge on any atom is -0.497 e. The standard InChI is InChI=1S/C26H33N5O4/c1-6-26(2,3)27-25(33)24(19-14-13-18(34-4)15-22(19)35-5)31(17-11-12-17)23(32)16-30-21-10-8-7-9-20(21)28-29-30/h7-10,13-15,17,24H,6,11-12,16H2,1-5H3,(H,27,33)/t24-/m1/s1. The highest BCUT2D eigenvalue weighted by molar-refractivity contribution is 5.90. The lowest BCUT2D eigenvalue weighted by Gasteiger charge is -2.35. The molecule has 1 aromatic heterocycles. The predicted molar refractivity (Wildman–Crippen MR) is 132 cm³/mol. The highest BCUT2D eigenvalue weighted by atomic mass is 16.5. The van der Waals surface area contributed by atoms with Crippen LogP contribution in [0.3, 0.4) is 0 Å². The summed E-state index contributed by atoms with van der Waals surface area (Å²) in [5.74, 6) is 0.653.